The zero-order valence-corrected chi connectivity index (χ0v) is 18.2. The lowest BCUT2D eigenvalue weighted by Crippen LogP contribution is -2.44. The normalized spacial score (nSPS) is 12.0. The van der Waals surface area contributed by atoms with Crippen LogP contribution in [0.15, 0.2) is 36.4 Å². The van der Waals surface area contributed by atoms with Gasteiger partial charge in [-0.25, -0.2) is 4.98 Å². The van der Waals surface area contributed by atoms with E-state index in [0.29, 0.717) is 22.9 Å². The van der Waals surface area contributed by atoms with Crippen LogP contribution in [0.1, 0.15) is 22.6 Å². The van der Waals surface area contributed by atoms with Gasteiger partial charge in [0.15, 0.2) is 0 Å². The van der Waals surface area contributed by atoms with Gasteiger partial charge < -0.3 is 15.6 Å². The largest absolute Gasteiger partial charge is 0.342 e. The maximum atomic E-state index is 12.9. The smallest absolute Gasteiger partial charge is 0.253 e. The number of fused-ring (bicyclic) bond motifs is 1. The van der Waals surface area contributed by atoms with Crippen molar-refractivity contribution >= 4 is 63.5 Å². The number of nitrogens with one attached hydrogen (secondary N) is 3. The summed E-state index contributed by atoms with van der Waals surface area (Å²) in [5.74, 6) is 0.792. The minimum Gasteiger partial charge on any atom is -0.342 e. The summed E-state index contributed by atoms with van der Waals surface area (Å²) in [5, 5.41) is 6.32. The number of halogens is 2. The minimum atomic E-state index is -0.708. The predicted molar refractivity (Wildman–Crippen MR) is 120 cm³/mol. The Balaban J connectivity index is 1.75. The van der Waals surface area contributed by atoms with Crippen molar-refractivity contribution < 1.29 is 9.59 Å². The van der Waals surface area contributed by atoms with Gasteiger partial charge in [0.1, 0.15) is 11.9 Å². The van der Waals surface area contributed by atoms with Crippen LogP contribution < -0.4 is 10.6 Å². The second-order valence-electron chi connectivity index (χ2n) is 6.48. The van der Waals surface area contributed by atoms with E-state index in [2.05, 4.69) is 20.6 Å². The third kappa shape index (κ3) is 5.44. The SMILES string of the molecule is CSCC[C@@H](NC(=O)c1ccc(Cl)cc1Cl)C(=O)Nc1ccc2nc(C)[nH]c2c1. The highest BCUT2D eigenvalue weighted by Gasteiger charge is 2.22. The number of hydrogen-bond donors (Lipinski definition) is 3. The van der Waals surface area contributed by atoms with Crippen LogP contribution in [0.25, 0.3) is 11.0 Å². The average molecular weight is 451 g/mol. The number of imidazole rings is 1. The highest BCUT2D eigenvalue weighted by molar-refractivity contribution is 7.98. The fourth-order valence-electron chi connectivity index (χ4n) is 2.86. The number of aromatic nitrogens is 2. The molecule has 29 heavy (non-hydrogen) atoms. The van der Waals surface area contributed by atoms with Gasteiger partial charge in [-0.05, 0) is 61.8 Å². The maximum Gasteiger partial charge on any atom is 0.253 e. The Morgan fingerprint density at radius 1 is 1.21 bits per heavy atom. The number of thioether (sulfide) groups is 1. The van der Waals surface area contributed by atoms with Gasteiger partial charge in [-0.15, -0.1) is 0 Å². The first-order valence-corrected chi connectivity index (χ1v) is 11.0. The van der Waals surface area contributed by atoms with Gasteiger partial charge in [0.25, 0.3) is 5.91 Å². The summed E-state index contributed by atoms with van der Waals surface area (Å²) in [6.45, 7) is 1.87. The van der Waals surface area contributed by atoms with Crippen molar-refractivity contribution in [3.63, 3.8) is 0 Å². The van der Waals surface area contributed by atoms with Gasteiger partial charge in [-0.3, -0.25) is 9.59 Å². The third-order valence-corrected chi connectivity index (χ3v) is 5.47. The summed E-state index contributed by atoms with van der Waals surface area (Å²) in [6, 6.07) is 9.34. The number of aryl methyl sites for hydroxylation is 1. The lowest BCUT2D eigenvalue weighted by Gasteiger charge is -2.18. The summed E-state index contributed by atoms with van der Waals surface area (Å²) in [5.41, 5.74) is 2.55. The Morgan fingerprint density at radius 3 is 2.72 bits per heavy atom. The van der Waals surface area contributed by atoms with E-state index in [1.165, 1.54) is 12.1 Å². The summed E-state index contributed by atoms with van der Waals surface area (Å²) in [4.78, 5) is 33.0. The van der Waals surface area contributed by atoms with Gasteiger partial charge in [-0.1, -0.05) is 23.2 Å². The molecule has 0 aliphatic rings. The lowest BCUT2D eigenvalue weighted by molar-refractivity contribution is -0.118. The van der Waals surface area contributed by atoms with Crippen LogP contribution in [-0.2, 0) is 4.79 Å². The van der Waals surface area contributed by atoms with Crippen molar-refractivity contribution in [2.24, 2.45) is 0 Å². The van der Waals surface area contributed by atoms with E-state index in [1.807, 2.05) is 25.3 Å². The van der Waals surface area contributed by atoms with Crippen LogP contribution >= 0.6 is 35.0 Å². The predicted octanol–water partition coefficient (Wildman–Crippen LogP) is 4.67. The standard InChI is InChI=1S/C20H20Cl2N4O2S/c1-11-23-16-6-4-13(10-18(16)24-11)25-20(28)17(7-8-29-2)26-19(27)14-5-3-12(21)9-15(14)22/h3-6,9-10,17H,7-8H2,1-2H3,(H,23,24)(H,25,28)(H,26,27)/t17-/m1/s1. The fourth-order valence-corrected chi connectivity index (χ4v) is 3.82. The number of carbonyl (C=O) groups excluding carboxylic acids is 2. The number of hydrogen-bond acceptors (Lipinski definition) is 4. The molecule has 0 aliphatic carbocycles. The van der Waals surface area contributed by atoms with Gasteiger partial charge in [0, 0.05) is 10.7 Å². The topological polar surface area (TPSA) is 86.9 Å². The van der Waals surface area contributed by atoms with E-state index in [9.17, 15) is 9.59 Å². The van der Waals surface area contributed by atoms with Crippen LogP contribution in [0, 0.1) is 6.92 Å². The molecule has 9 heteroatoms. The monoisotopic (exact) mass is 450 g/mol. The number of carbonyl (C=O) groups is 2. The van der Waals surface area contributed by atoms with Crippen molar-refractivity contribution in [2.45, 2.75) is 19.4 Å². The Labute approximate surface area is 182 Å². The first-order valence-electron chi connectivity index (χ1n) is 8.89. The van der Waals surface area contributed by atoms with Crippen LogP contribution in [0.4, 0.5) is 5.69 Å². The second kappa shape index (κ2) is 9.52. The molecule has 1 heterocycles. The zero-order chi connectivity index (χ0) is 21.0. The molecule has 0 radical (unpaired) electrons. The summed E-state index contributed by atoms with van der Waals surface area (Å²) < 4.78 is 0. The molecule has 0 spiro atoms. The van der Waals surface area contributed by atoms with Gasteiger partial charge in [-0.2, -0.15) is 11.8 Å². The van der Waals surface area contributed by atoms with Crippen LogP contribution in [-0.4, -0.2) is 39.8 Å². The van der Waals surface area contributed by atoms with Crippen molar-refractivity contribution in [1.29, 1.82) is 0 Å². The molecule has 0 aliphatic heterocycles. The molecule has 0 unspecified atom stereocenters. The van der Waals surface area contributed by atoms with Crippen molar-refractivity contribution in [2.75, 3.05) is 17.3 Å². The van der Waals surface area contributed by atoms with E-state index in [1.54, 1.807) is 23.9 Å². The van der Waals surface area contributed by atoms with Crippen molar-refractivity contribution in [3.05, 3.63) is 57.8 Å². The van der Waals surface area contributed by atoms with Crippen LogP contribution in [0.2, 0.25) is 10.0 Å². The molecule has 2 amide bonds. The first-order chi connectivity index (χ1) is 13.9. The van der Waals surface area contributed by atoms with E-state index < -0.39 is 11.9 Å². The quantitative estimate of drug-likeness (QED) is 0.487. The van der Waals surface area contributed by atoms with E-state index in [0.717, 1.165) is 16.9 Å². The Kier molecular flexibility index (Phi) is 7.05. The minimum absolute atomic E-state index is 0.235. The molecule has 152 valence electrons. The molecule has 3 N–H and O–H groups in total. The molecule has 1 aromatic heterocycles. The Bertz CT molecular complexity index is 1050. The van der Waals surface area contributed by atoms with Gasteiger partial charge in [0.2, 0.25) is 5.91 Å². The molecule has 2 aromatic carbocycles. The van der Waals surface area contributed by atoms with Gasteiger partial charge in [0.05, 0.1) is 21.6 Å². The van der Waals surface area contributed by atoms with Gasteiger partial charge >= 0.3 is 0 Å². The molecule has 0 saturated heterocycles. The second-order valence-corrected chi connectivity index (χ2v) is 8.30. The highest BCUT2D eigenvalue weighted by Crippen LogP contribution is 2.21. The molecule has 6 nitrogen and oxygen atoms in total. The number of aromatic amines is 1. The number of anilines is 1. The number of H-pyrrole nitrogens is 1. The molecule has 1 atom stereocenters. The average Bonchev–Trinajstić information content (AvgIpc) is 3.04. The highest BCUT2D eigenvalue weighted by atomic mass is 35.5. The van der Waals surface area contributed by atoms with Crippen LogP contribution in [0.3, 0.4) is 0 Å². The van der Waals surface area contributed by atoms with Crippen molar-refractivity contribution in [1.82, 2.24) is 15.3 Å². The number of benzene rings is 2. The van der Waals surface area contributed by atoms with Crippen molar-refractivity contribution in [3.8, 4) is 0 Å². The molecular weight excluding hydrogens is 431 g/mol. The fraction of sp³-hybridized carbons (Fsp3) is 0.250. The van der Waals surface area contributed by atoms with E-state index in [-0.39, 0.29) is 16.5 Å². The third-order valence-electron chi connectivity index (χ3n) is 4.28. The van der Waals surface area contributed by atoms with Crippen LogP contribution in [0.5, 0.6) is 0 Å². The number of rotatable bonds is 7. The number of amides is 2. The Hall–Kier alpha value is -2.22. The molecular formula is C20H20Cl2N4O2S. The molecule has 3 rings (SSSR count). The first kappa shape index (κ1) is 21.5. The molecule has 0 fully saturated rings. The molecule has 0 bridgehead atoms. The summed E-state index contributed by atoms with van der Waals surface area (Å²) in [7, 11) is 0. The summed E-state index contributed by atoms with van der Waals surface area (Å²) >= 11 is 13.6. The maximum absolute atomic E-state index is 12.9. The number of nitrogens with zero attached hydrogens (tertiary/aromatic N) is 1. The Morgan fingerprint density at radius 2 is 2.00 bits per heavy atom. The van der Waals surface area contributed by atoms with E-state index in [4.69, 9.17) is 23.2 Å². The molecule has 3 aromatic rings. The zero-order valence-electron chi connectivity index (χ0n) is 15.9. The summed E-state index contributed by atoms with van der Waals surface area (Å²) in [6.07, 6.45) is 2.43. The molecule has 0 saturated carbocycles. The van der Waals surface area contributed by atoms with E-state index >= 15 is 0 Å². The lowest BCUT2D eigenvalue weighted by atomic mass is 10.1.